The minimum absolute atomic E-state index is 0.235. The van der Waals surface area contributed by atoms with Crippen LogP contribution in [0.2, 0.25) is 0 Å². The SMILES string of the molecule is CCOC(=O)c1c(-c2ccco2)csc1NC(=O)c1cccc(C)n1. The van der Waals surface area contributed by atoms with Crippen LogP contribution >= 0.6 is 11.3 Å². The highest BCUT2D eigenvalue weighted by Gasteiger charge is 2.24. The normalized spacial score (nSPS) is 10.5. The number of rotatable bonds is 5. The van der Waals surface area contributed by atoms with E-state index in [1.807, 2.05) is 0 Å². The lowest BCUT2D eigenvalue weighted by molar-refractivity contribution is 0.0529. The van der Waals surface area contributed by atoms with E-state index in [0.717, 1.165) is 5.69 Å². The zero-order chi connectivity index (χ0) is 17.8. The quantitative estimate of drug-likeness (QED) is 0.695. The average Bonchev–Trinajstić information content (AvgIpc) is 3.24. The summed E-state index contributed by atoms with van der Waals surface area (Å²) >= 11 is 1.24. The van der Waals surface area contributed by atoms with Gasteiger partial charge >= 0.3 is 5.97 Å². The van der Waals surface area contributed by atoms with Crippen molar-refractivity contribution in [1.82, 2.24) is 4.98 Å². The summed E-state index contributed by atoms with van der Waals surface area (Å²) in [5.74, 6) is -0.363. The molecule has 0 atom stereocenters. The number of thiophene rings is 1. The number of nitrogens with one attached hydrogen (secondary N) is 1. The lowest BCUT2D eigenvalue weighted by Gasteiger charge is -2.08. The Kier molecular flexibility index (Phi) is 4.95. The third kappa shape index (κ3) is 3.61. The van der Waals surface area contributed by atoms with Gasteiger partial charge in [0.2, 0.25) is 0 Å². The molecule has 0 aliphatic carbocycles. The Balaban J connectivity index is 1.96. The number of ether oxygens (including phenoxy) is 1. The summed E-state index contributed by atoms with van der Waals surface area (Å²) in [6.45, 7) is 3.77. The van der Waals surface area contributed by atoms with E-state index in [1.54, 1.807) is 49.6 Å². The van der Waals surface area contributed by atoms with Gasteiger partial charge in [-0.25, -0.2) is 9.78 Å². The van der Waals surface area contributed by atoms with Crippen LogP contribution in [0.5, 0.6) is 0 Å². The van der Waals surface area contributed by atoms with Crippen molar-refractivity contribution >= 4 is 28.2 Å². The highest BCUT2D eigenvalue weighted by molar-refractivity contribution is 7.15. The summed E-state index contributed by atoms with van der Waals surface area (Å²) in [6.07, 6.45) is 1.52. The Bertz CT molecular complexity index is 900. The van der Waals surface area contributed by atoms with Crippen molar-refractivity contribution in [3.63, 3.8) is 0 Å². The number of aromatic nitrogens is 1. The van der Waals surface area contributed by atoms with E-state index in [4.69, 9.17) is 9.15 Å². The molecule has 0 fully saturated rings. The van der Waals surface area contributed by atoms with Crippen molar-refractivity contribution in [2.75, 3.05) is 11.9 Å². The maximum Gasteiger partial charge on any atom is 0.341 e. The second-order valence-electron chi connectivity index (χ2n) is 5.17. The van der Waals surface area contributed by atoms with E-state index < -0.39 is 5.97 Å². The van der Waals surface area contributed by atoms with Crippen LogP contribution in [0, 0.1) is 6.92 Å². The van der Waals surface area contributed by atoms with Gasteiger partial charge in [-0.1, -0.05) is 6.07 Å². The molecule has 3 heterocycles. The Labute approximate surface area is 148 Å². The zero-order valence-corrected chi connectivity index (χ0v) is 14.6. The predicted molar refractivity (Wildman–Crippen MR) is 94.9 cm³/mol. The Morgan fingerprint density at radius 3 is 2.80 bits per heavy atom. The number of esters is 1. The lowest BCUT2D eigenvalue weighted by Crippen LogP contribution is -2.16. The number of hydrogen-bond acceptors (Lipinski definition) is 6. The molecule has 3 aromatic heterocycles. The summed E-state index contributed by atoms with van der Waals surface area (Å²) in [5, 5.41) is 4.91. The standard InChI is InChI=1S/C18H16N2O4S/c1-3-23-18(22)15-12(14-8-5-9-24-14)10-25-17(15)20-16(21)13-7-4-6-11(2)19-13/h4-10H,3H2,1-2H3,(H,20,21). The third-order valence-electron chi connectivity index (χ3n) is 3.41. The average molecular weight is 356 g/mol. The Morgan fingerprint density at radius 2 is 2.12 bits per heavy atom. The van der Waals surface area contributed by atoms with Crippen LogP contribution in [0.15, 0.2) is 46.4 Å². The number of aryl methyl sites for hydroxylation is 1. The van der Waals surface area contributed by atoms with E-state index >= 15 is 0 Å². The minimum Gasteiger partial charge on any atom is -0.464 e. The van der Waals surface area contributed by atoms with Crippen molar-refractivity contribution in [1.29, 1.82) is 0 Å². The van der Waals surface area contributed by atoms with Gasteiger partial charge in [0.05, 0.1) is 12.9 Å². The van der Waals surface area contributed by atoms with E-state index in [9.17, 15) is 9.59 Å². The second-order valence-corrected chi connectivity index (χ2v) is 6.05. The van der Waals surface area contributed by atoms with Crippen molar-refractivity contribution in [3.05, 3.63) is 58.9 Å². The van der Waals surface area contributed by atoms with E-state index in [0.29, 0.717) is 16.3 Å². The fourth-order valence-electron chi connectivity index (χ4n) is 2.31. The molecular weight excluding hydrogens is 340 g/mol. The van der Waals surface area contributed by atoms with E-state index in [1.165, 1.54) is 17.6 Å². The van der Waals surface area contributed by atoms with Gasteiger partial charge < -0.3 is 14.5 Å². The first-order valence-corrected chi connectivity index (χ1v) is 8.55. The zero-order valence-electron chi connectivity index (χ0n) is 13.7. The molecule has 0 radical (unpaired) electrons. The summed E-state index contributed by atoms with van der Waals surface area (Å²) in [5.41, 5.74) is 1.88. The number of amides is 1. The fraction of sp³-hybridized carbons (Fsp3) is 0.167. The van der Waals surface area contributed by atoms with Crippen molar-refractivity contribution in [2.45, 2.75) is 13.8 Å². The number of carbonyl (C=O) groups is 2. The molecule has 0 aliphatic rings. The number of furan rings is 1. The molecule has 0 bridgehead atoms. The molecule has 1 N–H and O–H groups in total. The summed E-state index contributed by atoms with van der Waals surface area (Å²) in [4.78, 5) is 29.0. The maximum absolute atomic E-state index is 12.5. The highest BCUT2D eigenvalue weighted by atomic mass is 32.1. The summed E-state index contributed by atoms with van der Waals surface area (Å²) < 4.78 is 10.5. The molecule has 0 saturated heterocycles. The first kappa shape index (κ1) is 16.9. The van der Waals surface area contributed by atoms with Gasteiger partial charge in [-0.15, -0.1) is 11.3 Å². The van der Waals surface area contributed by atoms with Crippen LogP contribution < -0.4 is 5.32 Å². The monoisotopic (exact) mass is 356 g/mol. The number of carbonyl (C=O) groups excluding carboxylic acids is 2. The molecule has 6 nitrogen and oxygen atoms in total. The van der Waals surface area contributed by atoms with Gasteiger partial charge in [0.25, 0.3) is 5.91 Å². The van der Waals surface area contributed by atoms with Gasteiger partial charge in [-0.2, -0.15) is 0 Å². The van der Waals surface area contributed by atoms with Crippen LogP contribution in [0.1, 0.15) is 33.5 Å². The maximum atomic E-state index is 12.5. The molecule has 0 spiro atoms. The minimum atomic E-state index is -0.511. The molecule has 0 unspecified atom stereocenters. The van der Waals surface area contributed by atoms with Crippen LogP contribution in [0.4, 0.5) is 5.00 Å². The fourth-order valence-corrected chi connectivity index (χ4v) is 3.24. The van der Waals surface area contributed by atoms with Gasteiger partial charge in [-0.3, -0.25) is 4.79 Å². The number of nitrogens with zero attached hydrogens (tertiary/aromatic N) is 1. The van der Waals surface area contributed by atoms with Gasteiger partial charge in [0.15, 0.2) is 0 Å². The second kappa shape index (κ2) is 7.31. The van der Waals surface area contributed by atoms with Crippen LogP contribution in [0.25, 0.3) is 11.3 Å². The molecule has 3 rings (SSSR count). The third-order valence-corrected chi connectivity index (χ3v) is 4.30. The number of pyridine rings is 1. The molecule has 1 amide bonds. The Morgan fingerprint density at radius 1 is 1.28 bits per heavy atom. The summed E-state index contributed by atoms with van der Waals surface area (Å²) in [7, 11) is 0. The first-order chi connectivity index (χ1) is 12.1. The molecule has 0 aromatic carbocycles. The van der Waals surface area contributed by atoms with E-state index in [-0.39, 0.29) is 23.8 Å². The summed E-state index contributed by atoms with van der Waals surface area (Å²) in [6, 6.07) is 8.66. The molecular formula is C18H16N2O4S. The van der Waals surface area contributed by atoms with Gasteiger partial charge in [0, 0.05) is 16.6 Å². The molecule has 7 heteroatoms. The largest absolute Gasteiger partial charge is 0.464 e. The van der Waals surface area contributed by atoms with Gasteiger partial charge in [-0.05, 0) is 38.1 Å². The topological polar surface area (TPSA) is 81.4 Å². The highest BCUT2D eigenvalue weighted by Crippen LogP contribution is 2.36. The lowest BCUT2D eigenvalue weighted by atomic mass is 10.1. The van der Waals surface area contributed by atoms with Gasteiger partial charge in [0.1, 0.15) is 22.0 Å². The Hall–Kier alpha value is -2.93. The van der Waals surface area contributed by atoms with Crippen LogP contribution in [-0.4, -0.2) is 23.5 Å². The van der Waals surface area contributed by atoms with E-state index in [2.05, 4.69) is 10.3 Å². The number of hydrogen-bond donors (Lipinski definition) is 1. The van der Waals surface area contributed by atoms with Crippen molar-refractivity contribution in [3.8, 4) is 11.3 Å². The first-order valence-electron chi connectivity index (χ1n) is 7.67. The van der Waals surface area contributed by atoms with Crippen molar-refractivity contribution in [2.24, 2.45) is 0 Å². The molecule has 25 heavy (non-hydrogen) atoms. The molecule has 3 aromatic rings. The predicted octanol–water partition coefficient (Wildman–Crippen LogP) is 4.14. The number of anilines is 1. The molecule has 0 saturated carbocycles. The van der Waals surface area contributed by atoms with Crippen LogP contribution in [0.3, 0.4) is 0 Å². The molecule has 128 valence electrons. The van der Waals surface area contributed by atoms with Crippen LogP contribution in [-0.2, 0) is 4.74 Å². The smallest absolute Gasteiger partial charge is 0.341 e. The van der Waals surface area contributed by atoms with Crippen molar-refractivity contribution < 1.29 is 18.7 Å². The molecule has 0 aliphatic heterocycles.